The number of aliphatic hydroxyl groups is 3. The number of fused-ring (bicyclic) bond motifs is 1. The zero-order valence-electron chi connectivity index (χ0n) is 23.2. The number of benzene rings is 3. The van der Waals surface area contributed by atoms with Crippen LogP contribution in [0.2, 0.25) is 0 Å². The van der Waals surface area contributed by atoms with Crippen molar-refractivity contribution in [2.75, 3.05) is 0 Å². The van der Waals surface area contributed by atoms with E-state index in [4.69, 9.17) is 18.6 Å². The van der Waals surface area contributed by atoms with Gasteiger partial charge in [0.15, 0.2) is 34.5 Å². The second-order valence-electron chi connectivity index (χ2n) is 10.2. The summed E-state index contributed by atoms with van der Waals surface area (Å²) in [5.41, 5.74) is -2.44. The predicted octanol–water partition coefficient (Wildman–Crippen LogP) is 1.13. The fourth-order valence-electron chi connectivity index (χ4n) is 4.70. The van der Waals surface area contributed by atoms with Crippen LogP contribution in [-0.4, -0.2) is 87.7 Å². The van der Waals surface area contributed by atoms with Gasteiger partial charge in [0, 0.05) is 23.3 Å². The minimum Gasteiger partial charge on any atom is -0.508 e. The molecule has 1 fully saturated rings. The van der Waals surface area contributed by atoms with Gasteiger partial charge in [0.25, 0.3) is 0 Å². The van der Waals surface area contributed by atoms with Crippen molar-refractivity contribution in [3.8, 4) is 63.1 Å². The van der Waals surface area contributed by atoms with E-state index in [-0.39, 0.29) is 11.1 Å². The Bertz CT molecular complexity index is 1870. The average Bonchev–Trinajstić information content (AvgIpc) is 2.98. The third kappa shape index (κ3) is 5.31. The largest absolute Gasteiger partial charge is 0.508 e. The molecule has 1 aliphatic rings. The van der Waals surface area contributed by atoms with E-state index in [1.54, 1.807) is 0 Å². The van der Waals surface area contributed by atoms with Gasteiger partial charge in [0.05, 0.1) is 11.7 Å². The molecular formula is C29H26O16. The number of aliphatic hydroxyl groups excluding tert-OH is 3. The molecule has 0 amide bonds. The molecule has 4 aromatic rings. The van der Waals surface area contributed by atoms with Gasteiger partial charge < -0.3 is 69.7 Å². The summed E-state index contributed by atoms with van der Waals surface area (Å²) in [6.07, 6.45) is -8.10. The second kappa shape index (κ2) is 11.3. The minimum absolute atomic E-state index is 0.183. The van der Waals surface area contributed by atoms with E-state index in [0.29, 0.717) is 0 Å². The number of rotatable bonds is 5. The minimum atomic E-state index is -1.91. The molecule has 5 atom stereocenters. The first-order chi connectivity index (χ1) is 21.1. The van der Waals surface area contributed by atoms with Gasteiger partial charge >= 0.3 is 5.97 Å². The number of carbonyl (C=O) groups excluding carboxylic acids is 1. The summed E-state index contributed by atoms with van der Waals surface area (Å²) in [6.45, 7) is 2.61. The Morgan fingerprint density at radius 3 is 2.09 bits per heavy atom. The van der Waals surface area contributed by atoms with Crippen molar-refractivity contribution < 1.29 is 74.5 Å². The molecule has 0 aliphatic carbocycles. The lowest BCUT2D eigenvalue weighted by Gasteiger charge is -2.38. The van der Waals surface area contributed by atoms with Crippen LogP contribution in [0.5, 0.6) is 51.7 Å². The van der Waals surface area contributed by atoms with Crippen molar-refractivity contribution in [3.63, 3.8) is 0 Å². The number of hydrogen-bond donors (Lipinski definition) is 10. The van der Waals surface area contributed by atoms with Gasteiger partial charge in [0.2, 0.25) is 23.2 Å². The normalized spacial score (nSPS) is 21.5. The maximum atomic E-state index is 13.7. The molecule has 0 radical (unpaired) electrons. The van der Waals surface area contributed by atoms with Crippen molar-refractivity contribution in [2.24, 2.45) is 0 Å². The van der Waals surface area contributed by atoms with E-state index < -0.39 is 116 Å². The Kier molecular flexibility index (Phi) is 7.76. The summed E-state index contributed by atoms with van der Waals surface area (Å²) in [4.78, 5) is 26.5. The van der Waals surface area contributed by atoms with E-state index in [1.165, 1.54) is 13.8 Å². The van der Waals surface area contributed by atoms with Gasteiger partial charge in [-0.3, -0.25) is 4.79 Å². The Balaban J connectivity index is 1.69. The lowest BCUT2D eigenvalue weighted by molar-refractivity contribution is -0.268. The summed E-state index contributed by atoms with van der Waals surface area (Å²) in [5, 5.41) is 101. The van der Waals surface area contributed by atoms with Crippen LogP contribution >= 0.6 is 0 Å². The molecule has 1 aliphatic heterocycles. The van der Waals surface area contributed by atoms with Gasteiger partial charge in [-0.15, -0.1) is 0 Å². The highest BCUT2D eigenvalue weighted by molar-refractivity contribution is 5.94. The highest BCUT2D eigenvalue weighted by atomic mass is 16.7. The number of phenols is 7. The van der Waals surface area contributed by atoms with Crippen molar-refractivity contribution in [3.05, 3.63) is 51.7 Å². The molecule has 0 bridgehead atoms. The van der Waals surface area contributed by atoms with Crippen molar-refractivity contribution in [1.82, 2.24) is 0 Å². The first-order valence-corrected chi connectivity index (χ1v) is 13.0. The van der Waals surface area contributed by atoms with Crippen LogP contribution in [0.3, 0.4) is 0 Å². The highest BCUT2D eigenvalue weighted by Gasteiger charge is 2.44. The number of esters is 1. The SMILES string of the molecule is Cc1c(-c2oc3cc(O)cc(O)c3c(=O)c2OC2OC(C)C(O)C(O)C2O)cc(OC(=O)c2cc(O)c(O)c(O)c2)c(O)c1O. The van der Waals surface area contributed by atoms with Gasteiger partial charge in [-0.2, -0.15) is 0 Å². The average molecular weight is 631 g/mol. The molecule has 3 aromatic carbocycles. The lowest BCUT2D eigenvalue weighted by atomic mass is 9.99. The Hall–Kier alpha value is -5.42. The van der Waals surface area contributed by atoms with Crippen molar-refractivity contribution in [1.29, 1.82) is 0 Å². The van der Waals surface area contributed by atoms with Gasteiger partial charge in [-0.1, -0.05) is 0 Å². The quantitative estimate of drug-likeness (QED) is 0.0840. The fraction of sp³-hybridized carbons (Fsp3) is 0.241. The fourth-order valence-corrected chi connectivity index (χ4v) is 4.70. The van der Waals surface area contributed by atoms with Crippen LogP contribution < -0.4 is 14.9 Å². The second-order valence-corrected chi connectivity index (χ2v) is 10.2. The molecule has 0 spiro atoms. The molecule has 45 heavy (non-hydrogen) atoms. The Morgan fingerprint density at radius 1 is 0.800 bits per heavy atom. The number of carbonyl (C=O) groups is 1. The molecule has 0 saturated carbocycles. The van der Waals surface area contributed by atoms with E-state index in [1.807, 2.05) is 0 Å². The third-order valence-electron chi connectivity index (χ3n) is 7.21. The summed E-state index contributed by atoms with van der Waals surface area (Å²) in [5.74, 6) is -9.11. The predicted molar refractivity (Wildman–Crippen MR) is 149 cm³/mol. The molecule has 10 N–H and O–H groups in total. The van der Waals surface area contributed by atoms with Crippen LogP contribution in [0.1, 0.15) is 22.8 Å². The molecule has 1 aromatic heterocycles. The topological polar surface area (TPSA) is 277 Å². The first-order valence-electron chi connectivity index (χ1n) is 13.0. The molecule has 2 heterocycles. The van der Waals surface area contributed by atoms with E-state index in [9.17, 15) is 60.7 Å². The number of hydrogen-bond acceptors (Lipinski definition) is 16. The van der Waals surface area contributed by atoms with Crippen LogP contribution in [0, 0.1) is 6.92 Å². The van der Waals surface area contributed by atoms with Crippen LogP contribution in [0.4, 0.5) is 0 Å². The lowest BCUT2D eigenvalue weighted by Crippen LogP contribution is -2.58. The standard InChI is InChI=1S/C29H26O16/c1-8-12(7-17(22(37)19(8)34)44-28(41)10-3-14(32)21(36)15(33)4-10)26-27(45-29-25(40)24(39)20(35)9(2)42-29)23(38)18-13(31)5-11(30)6-16(18)43-26/h3-7,9,20,24-25,29-37,39-40H,1-2H3. The smallest absolute Gasteiger partial charge is 0.343 e. The molecule has 238 valence electrons. The zero-order valence-corrected chi connectivity index (χ0v) is 23.2. The van der Waals surface area contributed by atoms with E-state index >= 15 is 0 Å². The van der Waals surface area contributed by atoms with Gasteiger partial charge in [-0.25, -0.2) is 4.79 Å². The first kappa shape index (κ1) is 31.0. The number of ether oxygens (including phenoxy) is 3. The molecule has 5 rings (SSSR count). The van der Waals surface area contributed by atoms with Crippen LogP contribution in [-0.2, 0) is 4.74 Å². The van der Waals surface area contributed by atoms with Crippen LogP contribution in [0.25, 0.3) is 22.3 Å². The van der Waals surface area contributed by atoms with Crippen molar-refractivity contribution in [2.45, 2.75) is 44.6 Å². The summed E-state index contributed by atoms with van der Waals surface area (Å²) < 4.78 is 22.1. The molecule has 16 heteroatoms. The highest BCUT2D eigenvalue weighted by Crippen LogP contribution is 2.47. The van der Waals surface area contributed by atoms with Gasteiger partial charge in [0.1, 0.15) is 40.8 Å². The molecule has 1 saturated heterocycles. The molecular weight excluding hydrogens is 604 g/mol. The molecule has 5 unspecified atom stereocenters. The zero-order chi connectivity index (χ0) is 33.1. The number of aromatic hydroxyl groups is 7. The van der Waals surface area contributed by atoms with E-state index in [2.05, 4.69) is 0 Å². The summed E-state index contributed by atoms with van der Waals surface area (Å²) in [6, 6.07) is 4.24. The third-order valence-corrected chi connectivity index (χ3v) is 7.21. The van der Waals surface area contributed by atoms with Gasteiger partial charge in [-0.05, 0) is 32.0 Å². The van der Waals surface area contributed by atoms with Crippen LogP contribution in [0.15, 0.2) is 39.5 Å². The molecule has 16 nitrogen and oxygen atoms in total. The van der Waals surface area contributed by atoms with E-state index in [0.717, 1.165) is 30.3 Å². The Labute approximate surface area is 251 Å². The maximum Gasteiger partial charge on any atom is 0.343 e. The number of phenolic OH excluding ortho intramolecular Hbond substituents is 7. The van der Waals surface area contributed by atoms with Crippen molar-refractivity contribution >= 4 is 16.9 Å². The Morgan fingerprint density at radius 2 is 1.44 bits per heavy atom. The maximum absolute atomic E-state index is 13.7. The summed E-state index contributed by atoms with van der Waals surface area (Å²) in [7, 11) is 0. The monoisotopic (exact) mass is 630 g/mol. The summed E-state index contributed by atoms with van der Waals surface area (Å²) >= 11 is 0.